The number of hydrogen-bond donors (Lipinski definition) is 3. The lowest BCUT2D eigenvalue weighted by molar-refractivity contribution is -0.371. The zero-order valence-electron chi connectivity index (χ0n) is 18.0. The lowest BCUT2D eigenvalue weighted by atomic mass is 10.1. The largest absolute Gasteiger partial charge is 0.478 e. The minimum atomic E-state index is -0.838. The van der Waals surface area contributed by atoms with Crippen LogP contribution in [0.15, 0.2) is 12.2 Å². The molecule has 0 aromatic rings. The molecule has 0 heterocycles. The Morgan fingerprint density at radius 3 is 1.79 bits per heavy atom. The number of hydroxylamine groups is 2. The summed E-state index contributed by atoms with van der Waals surface area (Å²) in [7, 11) is 0. The van der Waals surface area contributed by atoms with Crippen LogP contribution in [0.1, 0.15) is 84.5 Å². The van der Waals surface area contributed by atoms with Crippen LogP contribution in [0.2, 0.25) is 0 Å². The van der Waals surface area contributed by atoms with Crippen molar-refractivity contribution in [2.45, 2.75) is 84.5 Å². The zero-order chi connectivity index (χ0) is 21.3. The van der Waals surface area contributed by atoms with Crippen molar-refractivity contribution in [3.05, 3.63) is 12.2 Å². The molecule has 0 unspecified atom stereocenters. The number of carbonyl (C=O) groups is 1. The molecule has 0 aliphatic carbocycles. The van der Waals surface area contributed by atoms with E-state index in [2.05, 4.69) is 13.8 Å². The number of nitrogens with zero attached hydrogens (tertiary/aromatic N) is 1. The van der Waals surface area contributed by atoms with Crippen molar-refractivity contribution in [1.29, 1.82) is 0 Å². The molecule has 168 valence electrons. The number of rotatable bonds is 19. The van der Waals surface area contributed by atoms with Gasteiger partial charge in [-0.05, 0) is 19.3 Å². The smallest absolute Gasteiger partial charge is 0.327 e. The van der Waals surface area contributed by atoms with Crippen LogP contribution in [-0.4, -0.2) is 59.5 Å². The van der Waals surface area contributed by atoms with Crippen LogP contribution in [0.3, 0.4) is 0 Å². The molecular formula is C21H43NO6. The summed E-state index contributed by atoms with van der Waals surface area (Å²) in [6.07, 6.45) is 16.3. The van der Waals surface area contributed by atoms with E-state index in [4.69, 9.17) is 25.0 Å². The number of allylic oxidation sites excluding steroid dienone is 1. The van der Waals surface area contributed by atoms with E-state index in [0.717, 1.165) is 25.7 Å². The van der Waals surface area contributed by atoms with Gasteiger partial charge in [0.15, 0.2) is 0 Å². The summed E-state index contributed by atoms with van der Waals surface area (Å²) < 4.78 is 0. The first-order valence-corrected chi connectivity index (χ1v) is 10.8. The number of carboxylic acids is 1. The number of aliphatic carboxylic acids is 1. The molecule has 0 amide bonds. The van der Waals surface area contributed by atoms with Gasteiger partial charge in [0.2, 0.25) is 0 Å². The number of aliphatic hydroxyl groups excluding tert-OH is 2. The van der Waals surface area contributed by atoms with Gasteiger partial charge in [0, 0.05) is 6.08 Å². The van der Waals surface area contributed by atoms with E-state index in [1.807, 2.05) is 0 Å². The number of unbranched alkanes of at least 4 members (excludes halogenated alkanes) is 9. The summed E-state index contributed by atoms with van der Waals surface area (Å²) in [5.74, 6) is -0.838. The molecule has 0 bridgehead atoms. The summed E-state index contributed by atoms with van der Waals surface area (Å²) in [6, 6.07) is 0. The standard InChI is InChI=1S/C13H24O2.C8H19NO4/c1-2-3-4-5-6-7-8-9-10-11-12-13(14)15;1-2-3-4-9(12-7-5-10)13-8-6-11/h11-12H,2-10H2,1H3,(H,14,15);10-11H,2-8H2,1H3. The number of aliphatic hydroxyl groups is 2. The SMILES string of the molecule is CCCCCCCCCCC=CC(=O)O.CCCCN(OCCO)OCCO. The van der Waals surface area contributed by atoms with Crippen molar-refractivity contribution >= 4 is 5.97 Å². The highest BCUT2D eigenvalue weighted by Crippen LogP contribution is 2.09. The van der Waals surface area contributed by atoms with Crippen molar-refractivity contribution in [3.63, 3.8) is 0 Å². The molecule has 3 N–H and O–H groups in total. The van der Waals surface area contributed by atoms with Gasteiger partial charge in [0.25, 0.3) is 0 Å². The normalized spacial score (nSPS) is 11.0. The van der Waals surface area contributed by atoms with Crippen molar-refractivity contribution in [2.24, 2.45) is 0 Å². The predicted octanol–water partition coefficient (Wildman–Crippen LogP) is 4.09. The molecule has 28 heavy (non-hydrogen) atoms. The third-order valence-electron chi connectivity index (χ3n) is 3.83. The highest BCUT2D eigenvalue weighted by atomic mass is 16.9. The minimum absolute atomic E-state index is 0.0366. The highest BCUT2D eigenvalue weighted by Gasteiger charge is 2.04. The second kappa shape index (κ2) is 26.0. The molecule has 0 fully saturated rings. The minimum Gasteiger partial charge on any atom is -0.478 e. The summed E-state index contributed by atoms with van der Waals surface area (Å²) in [5, 5.41) is 26.7. The highest BCUT2D eigenvalue weighted by molar-refractivity contribution is 5.79. The maximum Gasteiger partial charge on any atom is 0.327 e. The van der Waals surface area contributed by atoms with Gasteiger partial charge in [-0.2, -0.15) is 0 Å². The second-order valence-electron chi connectivity index (χ2n) is 6.53. The molecule has 0 atom stereocenters. The van der Waals surface area contributed by atoms with Gasteiger partial charge in [0.05, 0.1) is 33.0 Å². The van der Waals surface area contributed by atoms with Gasteiger partial charge in [-0.1, -0.05) is 76.5 Å². The van der Waals surface area contributed by atoms with E-state index >= 15 is 0 Å². The molecule has 0 radical (unpaired) electrons. The molecule has 0 saturated heterocycles. The van der Waals surface area contributed by atoms with Crippen LogP contribution in [0.5, 0.6) is 0 Å². The molecule has 0 aromatic carbocycles. The average molecular weight is 406 g/mol. The van der Waals surface area contributed by atoms with E-state index in [1.54, 1.807) is 6.08 Å². The third kappa shape index (κ3) is 27.2. The Labute approximate surface area is 171 Å². The van der Waals surface area contributed by atoms with Gasteiger partial charge >= 0.3 is 5.97 Å². The van der Waals surface area contributed by atoms with Crippen LogP contribution in [0.4, 0.5) is 0 Å². The van der Waals surface area contributed by atoms with Crippen LogP contribution in [-0.2, 0) is 14.5 Å². The average Bonchev–Trinajstić information content (AvgIpc) is 2.69. The summed E-state index contributed by atoms with van der Waals surface area (Å²) in [4.78, 5) is 20.2. The quantitative estimate of drug-likeness (QED) is 0.169. The first-order chi connectivity index (χ1) is 13.6. The molecule has 0 rings (SSSR count). The fourth-order valence-corrected chi connectivity index (χ4v) is 2.32. The van der Waals surface area contributed by atoms with Crippen LogP contribution in [0, 0.1) is 0 Å². The van der Waals surface area contributed by atoms with E-state index in [9.17, 15) is 4.79 Å². The molecule has 7 nitrogen and oxygen atoms in total. The lowest BCUT2D eigenvalue weighted by Gasteiger charge is -2.19. The van der Waals surface area contributed by atoms with Gasteiger partial charge < -0.3 is 15.3 Å². The molecular weight excluding hydrogens is 362 g/mol. The lowest BCUT2D eigenvalue weighted by Crippen LogP contribution is -2.28. The molecule has 0 aromatic heterocycles. The number of hydrogen-bond acceptors (Lipinski definition) is 6. The third-order valence-corrected chi connectivity index (χ3v) is 3.83. The van der Waals surface area contributed by atoms with Gasteiger partial charge in [-0.25, -0.2) is 4.79 Å². The van der Waals surface area contributed by atoms with E-state index in [0.29, 0.717) is 6.54 Å². The Morgan fingerprint density at radius 1 is 0.821 bits per heavy atom. The second-order valence-corrected chi connectivity index (χ2v) is 6.53. The van der Waals surface area contributed by atoms with E-state index in [-0.39, 0.29) is 26.4 Å². The summed E-state index contributed by atoms with van der Waals surface area (Å²) in [5.41, 5.74) is 0. The topological polar surface area (TPSA) is 99.5 Å². The first kappa shape index (κ1) is 29.2. The zero-order valence-corrected chi connectivity index (χ0v) is 18.0. The fraction of sp³-hybridized carbons (Fsp3) is 0.857. The van der Waals surface area contributed by atoms with Crippen molar-refractivity contribution in [3.8, 4) is 0 Å². The maximum absolute atomic E-state index is 10.1. The molecule has 0 aliphatic heterocycles. The first-order valence-electron chi connectivity index (χ1n) is 10.8. The molecule has 0 spiro atoms. The molecule has 0 aliphatic rings. The van der Waals surface area contributed by atoms with Crippen LogP contribution >= 0.6 is 0 Å². The maximum atomic E-state index is 10.1. The summed E-state index contributed by atoms with van der Waals surface area (Å²) >= 11 is 0. The Hall–Kier alpha value is -0.990. The monoisotopic (exact) mass is 405 g/mol. The Balaban J connectivity index is 0. The van der Waals surface area contributed by atoms with Gasteiger partial charge in [-0.3, -0.25) is 9.68 Å². The van der Waals surface area contributed by atoms with Crippen molar-refractivity contribution in [2.75, 3.05) is 33.0 Å². The van der Waals surface area contributed by atoms with E-state index in [1.165, 1.54) is 56.2 Å². The van der Waals surface area contributed by atoms with Gasteiger partial charge in [0.1, 0.15) is 0 Å². The van der Waals surface area contributed by atoms with Crippen molar-refractivity contribution < 1.29 is 29.8 Å². The van der Waals surface area contributed by atoms with Crippen LogP contribution in [0.25, 0.3) is 0 Å². The van der Waals surface area contributed by atoms with Crippen molar-refractivity contribution in [1.82, 2.24) is 5.23 Å². The number of carboxylic acid groups (broad SMARTS) is 1. The Bertz CT molecular complexity index is 320. The molecule has 7 heteroatoms. The fourth-order valence-electron chi connectivity index (χ4n) is 2.32. The Kier molecular flexibility index (Phi) is 27.1. The summed E-state index contributed by atoms with van der Waals surface area (Å²) in [6.45, 7) is 5.31. The Morgan fingerprint density at radius 2 is 1.32 bits per heavy atom. The van der Waals surface area contributed by atoms with Crippen LogP contribution < -0.4 is 0 Å². The predicted molar refractivity (Wildman–Crippen MR) is 112 cm³/mol. The molecule has 0 saturated carbocycles. The van der Waals surface area contributed by atoms with Gasteiger partial charge in [-0.15, -0.1) is 0 Å². The van der Waals surface area contributed by atoms with E-state index < -0.39 is 5.97 Å².